The topological polar surface area (TPSA) is 88.5 Å². The summed E-state index contributed by atoms with van der Waals surface area (Å²) in [5.41, 5.74) is 0. The van der Waals surface area contributed by atoms with Crippen LogP contribution in [-0.2, 0) is 19.9 Å². The largest absolute Gasteiger partial charge is 0.448 e. The van der Waals surface area contributed by atoms with E-state index in [2.05, 4.69) is 0 Å². The molecule has 0 radical (unpaired) electrons. The highest BCUT2D eigenvalue weighted by Gasteiger charge is 2.55. The van der Waals surface area contributed by atoms with Gasteiger partial charge in [0, 0.05) is 0 Å². The van der Waals surface area contributed by atoms with E-state index in [9.17, 15) is 18.0 Å². The Morgan fingerprint density at radius 1 is 1.31 bits per heavy atom. The Kier molecular flexibility index (Phi) is 2.10. The van der Waals surface area contributed by atoms with E-state index in [4.69, 9.17) is 4.55 Å². The average Bonchev–Trinajstić information content (AvgIpc) is 2.27. The van der Waals surface area contributed by atoms with Gasteiger partial charge in [-0.15, -0.1) is 8.42 Å². The van der Waals surface area contributed by atoms with Crippen LogP contribution in [0.1, 0.15) is 6.92 Å². The van der Waals surface area contributed by atoms with E-state index in [0.717, 1.165) is 12.2 Å². The maximum absolute atomic E-state index is 11.1. The Morgan fingerprint density at radius 3 is 1.85 bits per heavy atom. The van der Waals surface area contributed by atoms with Gasteiger partial charge >= 0.3 is 22.1 Å². The molecule has 0 saturated carbocycles. The molecule has 72 valence electrons. The molecule has 0 unspecified atom stereocenters. The van der Waals surface area contributed by atoms with E-state index in [1.165, 1.54) is 6.92 Å². The zero-order valence-electron chi connectivity index (χ0n) is 6.80. The first kappa shape index (κ1) is 10.0. The second kappa shape index (κ2) is 2.72. The molecule has 0 aromatic heterocycles. The Hall–Kier alpha value is -1.05. The van der Waals surface area contributed by atoms with Crippen LogP contribution in [0.2, 0.25) is 0 Å². The third-order valence-corrected chi connectivity index (χ3v) is 3.33. The molecule has 0 bridgehead atoms. The summed E-state index contributed by atoms with van der Waals surface area (Å²) in [4.78, 5) is 22.2. The third-order valence-electron chi connectivity index (χ3n) is 1.92. The maximum atomic E-state index is 11.1. The molecule has 2 amide bonds. The molecule has 1 N–H and O–H groups in total. The van der Waals surface area contributed by atoms with Gasteiger partial charge in [0.05, 0.1) is 12.2 Å². The van der Waals surface area contributed by atoms with Gasteiger partial charge in [0.15, 0.2) is 0 Å². The van der Waals surface area contributed by atoms with Crippen molar-refractivity contribution in [2.45, 2.75) is 6.92 Å². The lowest BCUT2D eigenvalue weighted by atomic mass is 10.5. The van der Waals surface area contributed by atoms with Crippen LogP contribution in [-0.4, -0.2) is 35.2 Å². The molecule has 0 spiro atoms. The van der Waals surface area contributed by atoms with Gasteiger partial charge in [-0.25, -0.2) is 14.1 Å². The molecule has 13 heavy (non-hydrogen) atoms. The van der Waals surface area contributed by atoms with E-state index in [-0.39, 0.29) is 6.54 Å². The molecule has 0 atom stereocenters. The second-order valence-corrected chi connectivity index (χ2v) is 4.03. The highest BCUT2D eigenvalue weighted by molar-refractivity contribution is 7.80. The third kappa shape index (κ3) is 1.12. The number of imide groups is 1. The molecular formula is C6H8NO5S+. The van der Waals surface area contributed by atoms with Crippen LogP contribution in [0.15, 0.2) is 12.2 Å². The number of carbonyl (C=O) groups is 2. The molecule has 0 aromatic carbocycles. The van der Waals surface area contributed by atoms with E-state index < -0.39 is 26.0 Å². The van der Waals surface area contributed by atoms with Gasteiger partial charge in [-0.1, -0.05) is 3.89 Å². The van der Waals surface area contributed by atoms with Crippen LogP contribution in [0.25, 0.3) is 0 Å². The van der Waals surface area contributed by atoms with Crippen molar-refractivity contribution in [1.29, 1.82) is 0 Å². The van der Waals surface area contributed by atoms with Crippen molar-refractivity contribution in [2.24, 2.45) is 0 Å². The van der Waals surface area contributed by atoms with E-state index in [0.29, 0.717) is 0 Å². The quantitative estimate of drug-likeness (QED) is 0.365. The summed E-state index contributed by atoms with van der Waals surface area (Å²) < 4.78 is 28.9. The first-order valence-electron chi connectivity index (χ1n) is 3.49. The number of hydrogen-bond donors (Lipinski definition) is 1. The first-order valence-corrected chi connectivity index (χ1v) is 4.88. The monoisotopic (exact) mass is 206 g/mol. The minimum absolute atomic E-state index is 0.316. The van der Waals surface area contributed by atoms with Crippen LogP contribution in [0.4, 0.5) is 0 Å². The molecule has 1 rings (SSSR count). The standard InChI is InChI=1S/C6H7NO5S/c1-2-7(13(10,11)12)5(8)3-4-6(7)9/h3-4H,2H2,1H3/p+1. The summed E-state index contributed by atoms with van der Waals surface area (Å²) >= 11 is 0. The van der Waals surface area contributed by atoms with Crippen LogP contribution >= 0.6 is 0 Å². The van der Waals surface area contributed by atoms with Gasteiger partial charge in [0.1, 0.15) is 6.54 Å². The molecule has 0 fully saturated rings. The molecule has 1 aliphatic rings. The zero-order valence-corrected chi connectivity index (χ0v) is 7.61. The van der Waals surface area contributed by atoms with Crippen molar-refractivity contribution in [3.05, 3.63) is 12.2 Å². The molecule has 0 saturated heterocycles. The first-order chi connectivity index (χ1) is 5.86. The molecule has 7 heteroatoms. The lowest BCUT2D eigenvalue weighted by Gasteiger charge is -2.21. The average molecular weight is 206 g/mol. The molecule has 1 heterocycles. The predicted molar refractivity (Wildman–Crippen MR) is 41.5 cm³/mol. The summed E-state index contributed by atoms with van der Waals surface area (Å²) in [6, 6.07) is 0. The number of amides is 2. The Labute approximate surface area is 74.9 Å². The maximum Gasteiger partial charge on any atom is 0.448 e. The van der Waals surface area contributed by atoms with Crippen molar-refractivity contribution in [1.82, 2.24) is 0 Å². The minimum atomic E-state index is -4.74. The van der Waals surface area contributed by atoms with Crippen LogP contribution in [0.5, 0.6) is 0 Å². The summed E-state index contributed by atoms with van der Waals surface area (Å²) in [7, 11) is -4.74. The van der Waals surface area contributed by atoms with Crippen molar-refractivity contribution in [3.8, 4) is 0 Å². The SMILES string of the molecule is CC[N+]1(S(=O)(=O)O)C(=O)C=CC1=O. The number of rotatable bonds is 2. The van der Waals surface area contributed by atoms with Crippen LogP contribution in [0, 0.1) is 0 Å². The Bertz CT molecular complexity index is 375. The lowest BCUT2D eigenvalue weighted by Crippen LogP contribution is -2.56. The number of carbonyl (C=O) groups excluding carboxylic acids is 2. The minimum Gasteiger partial charge on any atom is -0.241 e. The fourth-order valence-corrected chi connectivity index (χ4v) is 2.10. The predicted octanol–water partition coefficient (Wildman–Crippen LogP) is -0.751. The summed E-state index contributed by atoms with van der Waals surface area (Å²) in [5, 5.41) is 0. The fraction of sp³-hybridized carbons (Fsp3) is 0.333. The van der Waals surface area contributed by atoms with Gasteiger partial charge in [0.25, 0.3) is 0 Å². The summed E-state index contributed by atoms with van der Waals surface area (Å²) in [6.45, 7) is 1.01. The second-order valence-electron chi connectivity index (χ2n) is 2.51. The zero-order chi connectivity index (χ0) is 10.3. The van der Waals surface area contributed by atoms with Gasteiger partial charge in [-0.2, -0.15) is 0 Å². The number of nitrogens with zero attached hydrogens (tertiary/aromatic N) is 1. The van der Waals surface area contributed by atoms with Crippen molar-refractivity contribution in [3.63, 3.8) is 0 Å². The lowest BCUT2D eigenvalue weighted by molar-refractivity contribution is -0.642. The summed E-state index contributed by atoms with van der Waals surface area (Å²) in [6.07, 6.45) is 1.69. The fourth-order valence-electron chi connectivity index (χ4n) is 1.19. The van der Waals surface area contributed by atoms with E-state index in [1.807, 2.05) is 0 Å². The molecule has 0 aliphatic carbocycles. The molecule has 0 aromatic rings. The number of likely N-dealkylation sites (N-methyl/N-ethyl adjacent to an activating group) is 1. The van der Waals surface area contributed by atoms with E-state index in [1.54, 1.807) is 0 Å². The summed E-state index contributed by atoms with van der Waals surface area (Å²) in [5.74, 6) is -1.87. The number of quaternary nitrogens is 1. The van der Waals surface area contributed by atoms with Crippen molar-refractivity contribution >= 4 is 22.1 Å². The van der Waals surface area contributed by atoms with Crippen LogP contribution < -0.4 is 0 Å². The molecular weight excluding hydrogens is 198 g/mol. The number of hydrogen-bond acceptors (Lipinski definition) is 4. The Morgan fingerprint density at radius 2 is 1.69 bits per heavy atom. The van der Waals surface area contributed by atoms with Gasteiger partial charge in [0.2, 0.25) is 0 Å². The van der Waals surface area contributed by atoms with Gasteiger partial charge < -0.3 is 0 Å². The smallest absolute Gasteiger partial charge is 0.241 e. The van der Waals surface area contributed by atoms with E-state index >= 15 is 0 Å². The molecule has 1 aliphatic heterocycles. The Balaban J connectivity index is 3.40. The molecule has 6 nitrogen and oxygen atoms in total. The highest BCUT2D eigenvalue weighted by atomic mass is 32.2. The highest BCUT2D eigenvalue weighted by Crippen LogP contribution is 2.21. The normalized spacial score (nSPS) is 21.1. The van der Waals surface area contributed by atoms with Gasteiger partial charge in [-0.05, 0) is 6.92 Å². The van der Waals surface area contributed by atoms with Crippen LogP contribution in [0.3, 0.4) is 0 Å². The van der Waals surface area contributed by atoms with Crippen molar-refractivity contribution < 1.29 is 26.4 Å². The van der Waals surface area contributed by atoms with Crippen molar-refractivity contribution in [2.75, 3.05) is 6.54 Å². The van der Waals surface area contributed by atoms with Gasteiger partial charge in [-0.3, -0.25) is 0 Å².